The summed E-state index contributed by atoms with van der Waals surface area (Å²) in [6.45, 7) is 3.25. The molecule has 0 unspecified atom stereocenters. The lowest BCUT2D eigenvalue weighted by atomic mass is 10.2. The van der Waals surface area contributed by atoms with Crippen LogP contribution in [0.3, 0.4) is 0 Å². The van der Waals surface area contributed by atoms with Crippen molar-refractivity contribution in [3.8, 4) is 5.75 Å². The van der Waals surface area contributed by atoms with E-state index in [9.17, 15) is 9.90 Å². The number of aromatic hydroxyl groups is 1. The van der Waals surface area contributed by atoms with Crippen LogP contribution < -0.4 is 10.2 Å². The zero-order valence-corrected chi connectivity index (χ0v) is 16.2. The molecule has 138 valence electrons. The number of ether oxygens (including phenoxy) is 1. The zero-order valence-electron chi connectivity index (χ0n) is 14.6. The molecule has 1 heterocycles. The summed E-state index contributed by atoms with van der Waals surface area (Å²) >= 11 is 3.47. The van der Waals surface area contributed by atoms with Crippen molar-refractivity contribution in [3.63, 3.8) is 0 Å². The number of phenols is 1. The van der Waals surface area contributed by atoms with E-state index in [2.05, 4.69) is 26.1 Å². The van der Waals surface area contributed by atoms with Gasteiger partial charge >= 0.3 is 6.03 Å². The summed E-state index contributed by atoms with van der Waals surface area (Å²) in [6, 6.07) is 12.6. The van der Waals surface area contributed by atoms with E-state index < -0.39 is 0 Å². The Balaban J connectivity index is 1.74. The first kappa shape index (κ1) is 18.5. The minimum Gasteiger partial charge on any atom is -0.508 e. The van der Waals surface area contributed by atoms with Crippen molar-refractivity contribution >= 4 is 33.3 Å². The van der Waals surface area contributed by atoms with Crippen LogP contribution in [0.15, 0.2) is 46.9 Å². The van der Waals surface area contributed by atoms with Crippen LogP contribution in [-0.4, -0.2) is 49.4 Å². The van der Waals surface area contributed by atoms with Crippen LogP contribution >= 0.6 is 15.9 Å². The quantitative estimate of drug-likeness (QED) is 0.793. The number of nitrogens with one attached hydrogen (secondary N) is 1. The lowest BCUT2D eigenvalue weighted by Gasteiger charge is -2.31. The molecule has 2 N–H and O–H groups in total. The van der Waals surface area contributed by atoms with Crippen LogP contribution in [0, 0.1) is 0 Å². The average Bonchev–Trinajstić information content (AvgIpc) is 2.64. The van der Waals surface area contributed by atoms with Gasteiger partial charge in [-0.3, -0.25) is 0 Å². The molecular weight excluding hydrogens is 398 g/mol. The molecular formula is C19H22BrN3O3. The van der Waals surface area contributed by atoms with Gasteiger partial charge in [0.25, 0.3) is 0 Å². The molecule has 1 fully saturated rings. The number of carbonyl (C=O) groups is 1. The van der Waals surface area contributed by atoms with Crippen molar-refractivity contribution in [3.05, 3.63) is 52.5 Å². The van der Waals surface area contributed by atoms with Crippen molar-refractivity contribution in [2.75, 3.05) is 43.6 Å². The highest BCUT2D eigenvalue weighted by Crippen LogP contribution is 2.30. The van der Waals surface area contributed by atoms with E-state index in [1.54, 1.807) is 30.1 Å². The molecule has 3 rings (SSSR count). The predicted octanol–water partition coefficient (Wildman–Crippen LogP) is 3.66. The highest BCUT2D eigenvalue weighted by Gasteiger charge is 2.18. The molecule has 1 saturated heterocycles. The van der Waals surface area contributed by atoms with Crippen molar-refractivity contribution in [2.45, 2.75) is 6.54 Å². The first-order valence-corrected chi connectivity index (χ1v) is 9.25. The number of benzene rings is 2. The van der Waals surface area contributed by atoms with E-state index in [-0.39, 0.29) is 11.8 Å². The Bertz CT molecular complexity index is 778. The number of morpholine rings is 1. The number of hydrogen-bond donors (Lipinski definition) is 2. The Morgan fingerprint density at radius 2 is 2.00 bits per heavy atom. The molecule has 0 bridgehead atoms. The number of anilines is 2. The predicted molar refractivity (Wildman–Crippen MR) is 106 cm³/mol. The maximum atomic E-state index is 12.6. The fourth-order valence-corrected chi connectivity index (χ4v) is 3.23. The normalized spacial score (nSPS) is 14.2. The number of halogens is 1. The van der Waals surface area contributed by atoms with Crippen LogP contribution in [0.4, 0.5) is 16.2 Å². The van der Waals surface area contributed by atoms with Gasteiger partial charge in [-0.1, -0.05) is 34.1 Å². The fraction of sp³-hybridized carbons (Fsp3) is 0.316. The first-order chi connectivity index (χ1) is 12.5. The summed E-state index contributed by atoms with van der Waals surface area (Å²) < 4.78 is 6.31. The number of hydrogen-bond acceptors (Lipinski definition) is 4. The van der Waals surface area contributed by atoms with E-state index in [1.165, 1.54) is 0 Å². The number of amides is 2. The molecule has 0 spiro atoms. The molecule has 0 saturated carbocycles. The molecule has 0 atom stereocenters. The van der Waals surface area contributed by atoms with Gasteiger partial charge in [0.05, 0.1) is 31.1 Å². The van der Waals surface area contributed by atoms with Gasteiger partial charge in [0.15, 0.2) is 0 Å². The van der Waals surface area contributed by atoms with Crippen LogP contribution in [0.1, 0.15) is 5.56 Å². The third-order valence-electron chi connectivity index (χ3n) is 4.30. The van der Waals surface area contributed by atoms with Gasteiger partial charge in [-0.2, -0.15) is 0 Å². The van der Waals surface area contributed by atoms with Gasteiger partial charge in [0, 0.05) is 30.2 Å². The molecule has 2 aromatic carbocycles. The smallest absolute Gasteiger partial charge is 0.321 e. The number of urea groups is 1. The van der Waals surface area contributed by atoms with Crippen molar-refractivity contribution in [1.29, 1.82) is 0 Å². The third kappa shape index (κ3) is 4.47. The molecule has 26 heavy (non-hydrogen) atoms. The van der Waals surface area contributed by atoms with E-state index in [1.807, 2.05) is 24.3 Å². The highest BCUT2D eigenvalue weighted by atomic mass is 79.9. The maximum Gasteiger partial charge on any atom is 0.321 e. The topological polar surface area (TPSA) is 65.0 Å². The van der Waals surface area contributed by atoms with Gasteiger partial charge in [-0.25, -0.2) is 4.79 Å². The van der Waals surface area contributed by atoms with Crippen LogP contribution in [0.25, 0.3) is 0 Å². The van der Waals surface area contributed by atoms with Gasteiger partial charge in [0.1, 0.15) is 5.75 Å². The van der Waals surface area contributed by atoms with Crippen molar-refractivity contribution in [1.82, 2.24) is 4.90 Å². The molecule has 6 nitrogen and oxygen atoms in total. The molecule has 0 aliphatic carbocycles. The number of para-hydroxylation sites is 1. The molecule has 1 aliphatic heterocycles. The summed E-state index contributed by atoms with van der Waals surface area (Å²) in [5.41, 5.74) is 2.42. The Morgan fingerprint density at radius 3 is 2.73 bits per heavy atom. The third-order valence-corrected chi connectivity index (χ3v) is 4.79. The summed E-state index contributed by atoms with van der Waals surface area (Å²) in [5.74, 6) is 0.184. The maximum absolute atomic E-state index is 12.6. The second-order valence-electron chi connectivity index (χ2n) is 6.18. The van der Waals surface area contributed by atoms with E-state index in [0.29, 0.717) is 25.3 Å². The minimum atomic E-state index is -0.235. The number of rotatable bonds is 4. The van der Waals surface area contributed by atoms with Gasteiger partial charge in [-0.15, -0.1) is 0 Å². The summed E-state index contributed by atoms with van der Waals surface area (Å²) in [4.78, 5) is 16.4. The van der Waals surface area contributed by atoms with Gasteiger partial charge in [-0.05, 0) is 24.3 Å². The molecule has 7 heteroatoms. The highest BCUT2D eigenvalue weighted by molar-refractivity contribution is 9.10. The van der Waals surface area contributed by atoms with Crippen LogP contribution in [0.2, 0.25) is 0 Å². The summed E-state index contributed by atoms with van der Waals surface area (Å²) in [5, 5.41) is 12.9. The van der Waals surface area contributed by atoms with Gasteiger partial charge < -0.3 is 25.0 Å². The second kappa shape index (κ2) is 8.42. The SMILES string of the molecule is CN(Cc1ccccc1O)C(=O)Nc1cc(Br)ccc1N1CCOCC1. The van der Waals surface area contributed by atoms with Crippen LogP contribution in [-0.2, 0) is 11.3 Å². The monoisotopic (exact) mass is 419 g/mol. The number of phenolic OH excluding ortho intramolecular Hbond substituents is 1. The molecule has 1 aliphatic rings. The van der Waals surface area contributed by atoms with E-state index in [0.717, 1.165) is 28.9 Å². The molecule has 2 aromatic rings. The van der Waals surface area contributed by atoms with E-state index in [4.69, 9.17) is 4.74 Å². The zero-order chi connectivity index (χ0) is 18.5. The Morgan fingerprint density at radius 1 is 1.27 bits per heavy atom. The number of carbonyl (C=O) groups excluding carboxylic acids is 1. The van der Waals surface area contributed by atoms with Gasteiger partial charge in [0.2, 0.25) is 0 Å². The lowest BCUT2D eigenvalue weighted by Crippen LogP contribution is -2.37. The lowest BCUT2D eigenvalue weighted by molar-refractivity contribution is 0.123. The van der Waals surface area contributed by atoms with Crippen molar-refractivity contribution in [2.24, 2.45) is 0 Å². The van der Waals surface area contributed by atoms with Crippen LogP contribution in [0.5, 0.6) is 5.75 Å². The average molecular weight is 420 g/mol. The Labute approximate surface area is 161 Å². The summed E-state index contributed by atoms with van der Waals surface area (Å²) in [6.07, 6.45) is 0. The fourth-order valence-electron chi connectivity index (χ4n) is 2.87. The van der Waals surface area contributed by atoms with Crippen molar-refractivity contribution < 1.29 is 14.6 Å². The molecule has 2 amide bonds. The Hall–Kier alpha value is -2.25. The minimum absolute atomic E-state index is 0.184. The molecule has 0 radical (unpaired) electrons. The molecule has 0 aromatic heterocycles. The summed E-state index contributed by atoms with van der Waals surface area (Å²) in [7, 11) is 1.70. The standard InChI is InChI=1S/C19H22BrN3O3/c1-22(13-14-4-2-3-5-18(14)24)19(25)21-16-12-15(20)6-7-17(16)23-8-10-26-11-9-23/h2-7,12,24H,8-11,13H2,1H3,(H,21,25). The second-order valence-corrected chi connectivity index (χ2v) is 7.09. The van der Waals surface area contributed by atoms with E-state index >= 15 is 0 Å². The first-order valence-electron chi connectivity index (χ1n) is 8.46. The number of nitrogens with zero attached hydrogens (tertiary/aromatic N) is 2. The largest absolute Gasteiger partial charge is 0.508 e. The Kier molecular flexibility index (Phi) is 6.00.